The van der Waals surface area contributed by atoms with Gasteiger partial charge in [-0.05, 0) is 36.5 Å². The van der Waals surface area contributed by atoms with E-state index in [-0.39, 0.29) is 35.6 Å². The molecule has 6 heteroatoms. The van der Waals surface area contributed by atoms with Crippen molar-refractivity contribution in [1.29, 1.82) is 0 Å². The van der Waals surface area contributed by atoms with Crippen molar-refractivity contribution in [2.75, 3.05) is 6.54 Å². The fourth-order valence-electron chi connectivity index (χ4n) is 3.60. The molecule has 2 aliphatic rings. The average Bonchev–Trinajstić information content (AvgIpc) is 3.03. The number of piperazine rings is 1. The van der Waals surface area contributed by atoms with Gasteiger partial charge in [0.2, 0.25) is 11.8 Å². The van der Waals surface area contributed by atoms with Crippen LogP contribution in [-0.2, 0) is 16.1 Å². The molecule has 0 spiro atoms. The highest BCUT2D eigenvalue weighted by Gasteiger charge is 2.47. The molecule has 0 aliphatic carbocycles. The Morgan fingerprint density at radius 1 is 1.40 bits per heavy atom. The standard InChI is InChI=1S/C19H26FN3O2/c1-4-11(2)17-19(25)23-10-14(8-16(23)18(24)22-17)21-9-13-6-5-12(3)15(20)7-13/h5-7,11,14,16-17,21H,4,8-10H2,1-3H3,(H,22,24)/t11-,14-,16-,17-/m0/s1. The number of fused-ring (bicyclic) bond motifs is 1. The van der Waals surface area contributed by atoms with Crippen molar-refractivity contribution in [1.82, 2.24) is 15.5 Å². The number of halogens is 1. The summed E-state index contributed by atoms with van der Waals surface area (Å²) in [5, 5.41) is 6.25. The van der Waals surface area contributed by atoms with E-state index in [1.54, 1.807) is 17.9 Å². The van der Waals surface area contributed by atoms with Crippen LogP contribution in [0.25, 0.3) is 0 Å². The molecule has 1 aromatic carbocycles. The van der Waals surface area contributed by atoms with E-state index in [4.69, 9.17) is 0 Å². The summed E-state index contributed by atoms with van der Waals surface area (Å²) in [7, 11) is 0. The fraction of sp³-hybridized carbons (Fsp3) is 0.579. The van der Waals surface area contributed by atoms with Crippen molar-refractivity contribution in [3.63, 3.8) is 0 Å². The van der Waals surface area contributed by atoms with Crippen LogP contribution in [0, 0.1) is 18.7 Å². The number of nitrogens with zero attached hydrogens (tertiary/aromatic N) is 1. The minimum absolute atomic E-state index is 0.0182. The molecule has 0 bridgehead atoms. The van der Waals surface area contributed by atoms with Crippen LogP contribution in [0.5, 0.6) is 0 Å². The molecule has 0 aromatic heterocycles. The van der Waals surface area contributed by atoms with Gasteiger partial charge in [0.1, 0.15) is 17.9 Å². The number of rotatable bonds is 5. The molecule has 2 fully saturated rings. The second kappa shape index (κ2) is 7.12. The predicted octanol–water partition coefficient (Wildman–Crippen LogP) is 1.74. The average molecular weight is 347 g/mol. The summed E-state index contributed by atoms with van der Waals surface area (Å²) >= 11 is 0. The van der Waals surface area contributed by atoms with Crippen LogP contribution >= 0.6 is 0 Å². The van der Waals surface area contributed by atoms with Crippen LogP contribution in [0.4, 0.5) is 4.39 Å². The lowest BCUT2D eigenvalue weighted by atomic mass is 9.95. The summed E-state index contributed by atoms with van der Waals surface area (Å²) in [6, 6.07) is 4.42. The third-order valence-electron chi connectivity index (χ3n) is 5.49. The lowest BCUT2D eigenvalue weighted by molar-refractivity contribution is -0.148. The number of nitrogens with one attached hydrogen (secondary N) is 2. The van der Waals surface area contributed by atoms with Gasteiger partial charge in [-0.3, -0.25) is 9.59 Å². The molecule has 136 valence electrons. The smallest absolute Gasteiger partial charge is 0.246 e. The SMILES string of the molecule is CC[C@H](C)[C@@H]1NC(=O)[C@@H]2C[C@H](NCc3ccc(C)c(F)c3)CN2C1=O. The Labute approximate surface area is 148 Å². The highest BCUT2D eigenvalue weighted by molar-refractivity contribution is 5.97. The first-order chi connectivity index (χ1) is 11.9. The number of carbonyl (C=O) groups is 2. The Kier molecular flexibility index (Phi) is 5.08. The molecule has 5 nitrogen and oxygen atoms in total. The molecule has 2 saturated heterocycles. The number of hydrogen-bond donors (Lipinski definition) is 2. The Morgan fingerprint density at radius 2 is 2.16 bits per heavy atom. The zero-order chi connectivity index (χ0) is 18.1. The van der Waals surface area contributed by atoms with Gasteiger partial charge in [0.25, 0.3) is 0 Å². The molecular formula is C19H26FN3O2. The maximum absolute atomic E-state index is 13.6. The zero-order valence-corrected chi connectivity index (χ0v) is 15.0. The molecule has 0 unspecified atom stereocenters. The van der Waals surface area contributed by atoms with Crippen LogP contribution in [0.15, 0.2) is 18.2 Å². The van der Waals surface area contributed by atoms with Crippen LogP contribution in [0.3, 0.4) is 0 Å². The van der Waals surface area contributed by atoms with E-state index in [0.29, 0.717) is 25.1 Å². The van der Waals surface area contributed by atoms with E-state index in [9.17, 15) is 14.0 Å². The number of carbonyl (C=O) groups excluding carboxylic acids is 2. The Balaban J connectivity index is 1.63. The predicted molar refractivity (Wildman–Crippen MR) is 93.3 cm³/mol. The van der Waals surface area contributed by atoms with Crippen LogP contribution in [0.1, 0.15) is 37.8 Å². The monoisotopic (exact) mass is 347 g/mol. The minimum Gasteiger partial charge on any atom is -0.342 e. The Morgan fingerprint density at radius 3 is 2.84 bits per heavy atom. The topological polar surface area (TPSA) is 61.4 Å². The summed E-state index contributed by atoms with van der Waals surface area (Å²) in [4.78, 5) is 26.8. The number of hydrogen-bond acceptors (Lipinski definition) is 3. The fourth-order valence-corrected chi connectivity index (χ4v) is 3.60. The van der Waals surface area contributed by atoms with Crippen molar-refractivity contribution in [2.24, 2.45) is 5.92 Å². The van der Waals surface area contributed by atoms with Crippen LogP contribution in [0.2, 0.25) is 0 Å². The van der Waals surface area contributed by atoms with Gasteiger partial charge in [0.05, 0.1) is 0 Å². The Hall–Kier alpha value is -1.95. The Bertz CT molecular complexity index is 679. The van der Waals surface area contributed by atoms with E-state index in [1.807, 2.05) is 19.9 Å². The van der Waals surface area contributed by atoms with Gasteiger partial charge in [-0.25, -0.2) is 4.39 Å². The second-order valence-electron chi connectivity index (χ2n) is 7.28. The molecule has 0 radical (unpaired) electrons. The van der Waals surface area contributed by atoms with E-state index in [2.05, 4.69) is 10.6 Å². The molecule has 1 aromatic rings. The third kappa shape index (κ3) is 3.54. The molecule has 25 heavy (non-hydrogen) atoms. The van der Waals surface area contributed by atoms with Crippen LogP contribution in [-0.4, -0.2) is 41.4 Å². The third-order valence-corrected chi connectivity index (χ3v) is 5.49. The summed E-state index contributed by atoms with van der Waals surface area (Å²) in [6.45, 7) is 6.79. The van der Waals surface area contributed by atoms with Gasteiger partial charge >= 0.3 is 0 Å². The second-order valence-corrected chi connectivity index (χ2v) is 7.28. The molecule has 2 heterocycles. The molecule has 2 aliphatic heterocycles. The van der Waals surface area contributed by atoms with Crippen molar-refractivity contribution in [2.45, 2.75) is 58.3 Å². The van der Waals surface area contributed by atoms with Crippen LogP contribution < -0.4 is 10.6 Å². The van der Waals surface area contributed by atoms with Gasteiger partial charge in [0.15, 0.2) is 0 Å². The van der Waals surface area contributed by atoms with E-state index in [0.717, 1.165) is 12.0 Å². The molecular weight excluding hydrogens is 321 g/mol. The van der Waals surface area contributed by atoms with Crippen molar-refractivity contribution in [3.05, 3.63) is 35.1 Å². The summed E-state index contributed by atoms with van der Waals surface area (Å²) in [6.07, 6.45) is 1.44. The van der Waals surface area contributed by atoms with E-state index in [1.165, 1.54) is 6.07 Å². The molecule has 0 saturated carbocycles. The molecule has 3 rings (SSSR count). The van der Waals surface area contributed by atoms with Crippen molar-refractivity contribution in [3.8, 4) is 0 Å². The van der Waals surface area contributed by atoms with Gasteiger partial charge < -0.3 is 15.5 Å². The largest absolute Gasteiger partial charge is 0.342 e. The first-order valence-corrected chi connectivity index (χ1v) is 9.00. The van der Waals surface area contributed by atoms with Gasteiger partial charge in [-0.1, -0.05) is 32.4 Å². The number of benzene rings is 1. The van der Waals surface area contributed by atoms with Gasteiger partial charge in [0, 0.05) is 19.1 Å². The summed E-state index contributed by atoms with van der Waals surface area (Å²) in [5.41, 5.74) is 1.49. The molecule has 2 N–H and O–H groups in total. The van der Waals surface area contributed by atoms with Gasteiger partial charge in [-0.2, -0.15) is 0 Å². The number of amides is 2. The maximum Gasteiger partial charge on any atom is 0.246 e. The lowest BCUT2D eigenvalue weighted by Crippen LogP contribution is -2.62. The van der Waals surface area contributed by atoms with Crippen molar-refractivity contribution < 1.29 is 14.0 Å². The molecule has 4 atom stereocenters. The minimum atomic E-state index is -0.418. The maximum atomic E-state index is 13.6. The first-order valence-electron chi connectivity index (χ1n) is 9.00. The lowest BCUT2D eigenvalue weighted by Gasteiger charge is -2.36. The zero-order valence-electron chi connectivity index (χ0n) is 15.0. The summed E-state index contributed by atoms with van der Waals surface area (Å²) in [5.74, 6) is -0.130. The quantitative estimate of drug-likeness (QED) is 0.853. The van der Waals surface area contributed by atoms with Crippen molar-refractivity contribution >= 4 is 11.8 Å². The van der Waals surface area contributed by atoms with Gasteiger partial charge in [-0.15, -0.1) is 0 Å². The molecule has 2 amide bonds. The highest BCUT2D eigenvalue weighted by atomic mass is 19.1. The normalized spacial score (nSPS) is 27.2. The first kappa shape index (κ1) is 17.9. The van der Waals surface area contributed by atoms with E-state index < -0.39 is 6.04 Å². The summed E-state index contributed by atoms with van der Waals surface area (Å²) < 4.78 is 13.6. The van der Waals surface area contributed by atoms with E-state index >= 15 is 0 Å². The number of aryl methyl sites for hydroxylation is 1. The highest BCUT2D eigenvalue weighted by Crippen LogP contribution is 2.26.